The summed E-state index contributed by atoms with van der Waals surface area (Å²) in [7, 11) is 1.52. The predicted molar refractivity (Wildman–Crippen MR) is 74.7 cm³/mol. The van der Waals surface area contributed by atoms with Crippen LogP contribution >= 0.6 is 0 Å². The Morgan fingerprint density at radius 3 is 2.26 bits per heavy atom. The molecule has 0 spiro atoms. The second kappa shape index (κ2) is 5.24. The Morgan fingerprint density at radius 1 is 1.05 bits per heavy atom. The quantitative estimate of drug-likeness (QED) is 0.881. The molecule has 0 aliphatic rings. The van der Waals surface area contributed by atoms with Crippen LogP contribution in [0.3, 0.4) is 0 Å². The van der Waals surface area contributed by atoms with Gasteiger partial charge in [-0.1, -0.05) is 60.2 Å². The van der Waals surface area contributed by atoms with E-state index in [1.807, 2.05) is 31.2 Å². The minimum atomic E-state index is -1.66. The van der Waals surface area contributed by atoms with Crippen LogP contribution in [0, 0.1) is 6.92 Å². The third-order valence-corrected chi connectivity index (χ3v) is 3.18. The highest BCUT2D eigenvalue weighted by Gasteiger charge is 2.39. The fourth-order valence-corrected chi connectivity index (χ4v) is 2.16. The number of amides is 1. The van der Waals surface area contributed by atoms with Crippen molar-refractivity contribution in [2.45, 2.75) is 12.5 Å². The lowest BCUT2D eigenvalue weighted by molar-refractivity contribution is -0.136. The molecule has 0 saturated heterocycles. The number of carbonyl (C=O) groups is 1. The fourth-order valence-electron chi connectivity index (χ4n) is 2.16. The summed E-state index contributed by atoms with van der Waals surface area (Å²) in [6.07, 6.45) is 0. The summed E-state index contributed by atoms with van der Waals surface area (Å²) in [4.78, 5) is 12.2. The lowest BCUT2D eigenvalue weighted by Gasteiger charge is -2.27. The number of hydrogen-bond acceptors (Lipinski definition) is 2. The highest BCUT2D eigenvalue weighted by atomic mass is 16.3. The van der Waals surface area contributed by atoms with E-state index in [1.54, 1.807) is 30.3 Å². The van der Waals surface area contributed by atoms with Gasteiger partial charge in [-0.25, -0.2) is 0 Å². The zero-order valence-corrected chi connectivity index (χ0v) is 11.1. The summed E-state index contributed by atoms with van der Waals surface area (Å²) in [5, 5.41) is 13.5. The van der Waals surface area contributed by atoms with E-state index in [-0.39, 0.29) is 0 Å². The first-order chi connectivity index (χ1) is 9.09. The molecule has 0 aliphatic carbocycles. The Morgan fingerprint density at radius 2 is 1.68 bits per heavy atom. The van der Waals surface area contributed by atoms with Crippen LogP contribution in [0.15, 0.2) is 54.6 Å². The van der Waals surface area contributed by atoms with E-state index in [1.165, 1.54) is 7.05 Å². The second-order valence-corrected chi connectivity index (χ2v) is 4.53. The third-order valence-electron chi connectivity index (χ3n) is 3.18. The molecule has 0 heterocycles. The van der Waals surface area contributed by atoms with Crippen molar-refractivity contribution in [3.63, 3.8) is 0 Å². The maximum absolute atomic E-state index is 12.2. The fraction of sp³-hybridized carbons (Fsp3) is 0.188. The van der Waals surface area contributed by atoms with Gasteiger partial charge in [-0.15, -0.1) is 0 Å². The molecule has 3 heteroatoms. The largest absolute Gasteiger partial charge is 0.372 e. The van der Waals surface area contributed by atoms with Gasteiger partial charge in [0.25, 0.3) is 5.91 Å². The lowest BCUT2D eigenvalue weighted by Crippen LogP contribution is -2.44. The topological polar surface area (TPSA) is 49.3 Å². The van der Waals surface area contributed by atoms with Crippen LogP contribution < -0.4 is 5.32 Å². The van der Waals surface area contributed by atoms with Gasteiger partial charge in [0, 0.05) is 7.05 Å². The molecule has 2 N–H and O–H groups in total. The number of carbonyl (C=O) groups excluding carboxylic acids is 1. The molecule has 3 nitrogen and oxygen atoms in total. The Hall–Kier alpha value is -2.13. The van der Waals surface area contributed by atoms with Crippen molar-refractivity contribution in [2.24, 2.45) is 0 Å². The van der Waals surface area contributed by atoms with Gasteiger partial charge in [0.15, 0.2) is 5.60 Å². The molecule has 2 aromatic carbocycles. The van der Waals surface area contributed by atoms with Crippen LogP contribution in [0.4, 0.5) is 0 Å². The van der Waals surface area contributed by atoms with Gasteiger partial charge in [0.05, 0.1) is 0 Å². The molecule has 1 amide bonds. The van der Waals surface area contributed by atoms with Crippen LogP contribution in [-0.4, -0.2) is 18.1 Å². The number of nitrogens with one attached hydrogen (secondary N) is 1. The van der Waals surface area contributed by atoms with E-state index < -0.39 is 11.5 Å². The molecule has 0 saturated carbocycles. The summed E-state index contributed by atoms with van der Waals surface area (Å²) in [5.41, 5.74) is 0.455. The summed E-state index contributed by atoms with van der Waals surface area (Å²) in [6, 6.07) is 16.3. The normalized spacial score (nSPS) is 13.6. The molecule has 1 atom stereocenters. The third kappa shape index (κ3) is 2.37. The molecular formula is C16H17NO2. The Balaban J connectivity index is 2.62. The van der Waals surface area contributed by atoms with Gasteiger partial charge in [-0.05, 0) is 18.1 Å². The first kappa shape index (κ1) is 13.3. The zero-order valence-electron chi connectivity index (χ0n) is 11.1. The molecule has 1 unspecified atom stereocenters. The summed E-state index contributed by atoms with van der Waals surface area (Å²) < 4.78 is 0. The van der Waals surface area contributed by atoms with E-state index in [4.69, 9.17) is 0 Å². The van der Waals surface area contributed by atoms with Gasteiger partial charge >= 0.3 is 0 Å². The van der Waals surface area contributed by atoms with Crippen LogP contribution in [0.5, 0.6) is 0 Å². The van der Waals surface area contributed by atoms with E-state index in [9.17, 15) is 9.90 Å². The number of benzene rings is 2. The molecule has 0 aromatic heterocycles. The molecule has 0 bridgehead atoms. The lowest BCUT2D eigenvalue weighted by atomic mass is 9.85. The monoisotopic (exact) mass is 255 g/mol. The van der Waals surface area contributed by atoms with Crippen LogP contribution in [-0.2, 0) is 10.4 Å². The molecule has 0 fully saturated rings. The van der Waals surface area contributed by atoms with E-state index in [0.29, 0.717) is 11.1 Å². The summed E-state index contributed by atoms with van der Waals surface area (Å²) >= 11 is 0. The van der Waals surface area contributed by atoms with E-state index in [2.05, 4.69) is 5.32 Å². The zero-order chi connectivity index (χ0) is 13.9. The number of rotatable bonds is 3. The molecule has 2 rings (SSSR count). The standard InChI is InChI=1S/C16H17NO2/c1-12-7-6-10-14(11-12)16(19,15(18)17-2)13-8-4-3-5-9-13/h3-11,19H,1-2H3,(H,17,18). The average Bonchev–Trinajstić information content (AvgIpc) is 2.46. The number of aliphatic hydroxyl groups is 1. The smallest absolute Gasteiger partial charge is 0.261 e. The minimum Gasteiger partial charge on any atom is -0.372 e. The molecule has 19 heavy (non-hydrogen) atoms. The van der Waals surface area contributed by atoms with Crippen LogP contribution in [0.25, 0.3) is 0 Å². The van der Waals surface area contributed by atoms with Gasteiger partial charge in [-0.3, -0.25) is 4.79 Å². The maximum atomic E-state index is 12.2. The van der Waals surface area contributed by atoms with Crippen molar-refractivity contribution in [3.05, 3.63) is 71.3 Å². The average molecular weight is 255 g/mol. The summed E-state index contributed by atoms with van der Waals surface area (Å²) in [6.45, 7) is 1.93. The molecular weight excluding hydrogens is 238 g/mol. The van der Waals surface area contributed by atoms with Crippen LogP contribution in [0.2, 0.25) is 0 Å². The molecule has 0 aliphatic heterocycles. The highest BCUT2D eigenvalue weighted by molar-refractivity contribution is 5.89. The van der Waals surface area contributed by atoms with Gasteiger partial charge in [-0.2, -0.15) is 0 Å². The molecule has 2 aromatic rings. The Labute approximate surface area is 112 Å². The first-order valence-electron chi connectivity index (χ1n) is 6.16. The number of aryl methyl sites for hydroxylation is 1. The maximum Gasteiger partial charge on any atom is 0.261 e. The second-order valence-electron chi connectivity index (χ2n) is 4.53. The van der Waals surface area contributed by atoms with Gasteiger partial charge in [0.2, 0.25) is 0 Å². The van der Waals surface area contributed by atoms with Crippen molar-refractivity contribution in [1.82, 2.24) is 5.32 Å². The first-order valence-corrected chi connectivity index (χ1v) is 6.16. The minimum absolute atomic E-state index is 0.440. The van der Waals surface area contributed by atoms with Crippen molar-refractivity contribution >= 4 is 5.91 Å². The van der Waals surface area contributed by atoms with Crippen molar-refractivity contribution in [3.8, 4) is 0 Å². The number of hydrogen-bond donors (Lipinski definition) is 2. The number of likely N-dealkylation sites (N-methyl/N-ethyl adjacent to an activating group) is 1. The van der Waals surface area contributed by atoms with Gasteiger partial charge in [0.1, 0.15) is 0 Å². The van der Waals surface area contributed by atoms with Crippen molar-refractivity contribution in [1.29, 1.82) is 0 Å². The SMILES string of the molecule is CNC(=O)C(O)(c1ccccc1)c1cccc(C)c1. The van der Waals surface area contributed by atoms with Gasteiger partial charge < -0.3 is 10.4 Å². The molecule has 98 valence electrons. The van der Waals surface area contributed by atoms with Crippen LogP contribution in [0.1, 0.15) is 16.7 Å². The van der Waals surface area contributed by atoms with E-state index >= 15 is 0 Å². The van der Waals surface area contributed by atoms with E-state index in [0.717, 1.165) is 5.56 Å². The van der Waals surface area contributed by atoms with Crippen molar-refractivity contribution in [2.75, 3.05) is 7.05 Å². The Bertz CT molecular complexity index is 580. The predicted octanol–water partition coefficient (Wildman–Crippen LogP) is 1.98. The van der Waals surface area contributed by atoms with Crippen molar-refractivity contribution < 1.29 is 9.90 Å². The highest BCUT2D eigenvalue weighted by Crippen LogP contribution is 2.30. The molecule has 0 radical (unpaired) electrons. The Kier molecular flexibility index (Phi) is 3.67. The summed E-state index contributed by atoms with van der Waals surface area (Å²) in [5.74, 6) is -0.440.